The van der Waals surface area contributed by atoms with Gasteiger partial charge < -0.3 is 15.8 Å². The Balaban J connectivity index is 2.15. The number of benzene rings is 1. The molecule has 1 atom stereocenters. The number of rotatable bonds is 6. The molecule has 0 aromatic heterocycles. The van der Waals surface area contributed by atoms with Gasteiger partial charge in [-0.2, -0.15) is 0 Å². The Morgan fingerprint density at radius 2 is 2.00 bits per heavy atom. The van der Waals surface area contributed by atoms with Crippen LogP contribution >= 0.6 is 0 Å². The lowest BCUT2D eigenvalue weighted by atomic mass is 9.87. The van der Waals surface area contributed by atoms with Crippen molar-refractivity contribution in [3.63, 3.8) is 0 Å². The number of nitrogens with one attached hydrogen (secondary N) is 1. The highest BCUT2D eigenvalue weighted by Gasteiger charge is 2.34. The zero-order valence-corrected chi connectivity index (χ0v) is 13.0. The number of hydrogen-bond acceptors (Lipinski definition) is 3. The van der Waals surface area contributed by atoms with Crippen LogP contribution in [0.4, 0.5) is 0 Å². The van der Waals surface area contributed by atoms with Gasteiger partial charge in [0.05, 0.1) is 12.6 Å². The molecule has 116 valence electrons. The number of carbonyl (C=O) groups excluding carboxylic acids is 1. The van der Waals surface area contributed by atoms with E-state index in [9.17, 15) is 4.79 Å². The molecule has 1 fully saturated rings. The summed E-state index contributed by atoms with van der Waals surface area (Å²) < 4.78 is 5.38. The van der Waals surface area contributed by atoms with Gasteiger partial charge in [-0.15, -0.1) is 0 Å². The van der Waals surface area contributed by atoms with E-state index in [0.717, 1.165) is 24.2 Å². The van der Waals surface area contributed by atoms with Gasteiger partial charge in [0.25, 0.3) is 0 Å². The Kier molecular flexibility index (Phi) is 5.23. The molecule has 0 bridgehead atoms. The first kappa shape index (κ1) is 15.8. The second kappa shape index (κ2) is 6.94. The van der Waals surface area contributed by atoms with E-state index in [4.69, 9.17) is 10.5 Å². The molecule has 0 aliphatic heterocycles. The fourth-order valence-corrected chi connectivity index (χ4v) is 3.14. The maximum absolute atomic E-state index is 12.0. The molecule has 0 spiro atoms. The first-order chi connectivity index (χ1) is 10.0. The molecule has 1 aliphatic rings. The average Bonchev–Trinajstić information content (AvgIpc) is 2.48. The lowest BCUT2D eigenvalue weighted by molar-refractivity contribution is -0.124. The van der Waals surface area contributed by atoms with Gasteiger partial charge >= 0.3 is 0 Å². The van der Waals surface area contributed by atoms with Gasteiger partial charge in [0, 0.05) is 12.5 Å². The fourth-order valence-electron chi connectivity index (χ4n) is 3.14. The molecule has 0 heterocycles. The van der Waals surface area contributed by atoms with Crippen LogP contribution in [-0.4, -0.2) is 24.6 Å². The average molecular weight is 290 g/mol. The number of primary amides is 1. The minimum absolute atomic E-state index is 0.307. The van der Waals surface area contributed by atoms with Crippen molar-refractivity contribution in [3.05, 3.63) is 29.8 Å². The number of para-hydroxylation sites is 1. The second-order valence-corrected chi connectivity index (χ2v) is 6.16. The van der Waals surface area contributed by atoms with E-state index >= 15 is 0 Å². The molecule has 4 nitrogen and oxygen atoms in total. The van der Waals surface area contributed by atoms with E-state index < -0.39 is 5.54 Å². The van der Waals surface area contributed by atoms with Crippen LogP contribution in [0.3, 0.4) is 0 Å². The van der Waals surface area contributed by atoms with Gasteiger partial charge in [-0.05, 0) is 31.4 Å². The predicted octanol–water partition coefficient (Wildman–Crippen LogP) is 2.40. The third-order valence-corrected chi connectivity index (χ3v) is 4.41. The topological polar surface area (TPSA) is 64.3 Å². The second-order valence-electron chi connectivity index (χ2n) is 6.16. The molecule has 1 unspecified atom stereocenters. The van der Waals surface area contributed by atoms with Crippen molar-refractivity contribution >= 4 is 5.91 Å². The summed E-state index contributed by atoms with van der Waals surface area (Å²) >= 11 is 0. The van der Waals surface area contributed by atoms with Crippen LogP contribution in [0.2, 0.25) is 0 Å². The van der Waals surface area contributed by atoms with E-state index in [1.807, 2.05) is 31.2 Å². The van der Waals surface area contributed by atoms with Gasteiger partial charge in [-0.3, -0.25) is 4.79 Å². The van der Waals surface area contributed by atoms with Crippen LogP contribution < -0.4 is 15.8 Å². The molecular weight excluding hydrogens is 264 g/mol. The fraction of sp³-hybridized carbons (Fsp3) is 0.588. The first-order valence-corrected chi connectivity index (χ1v) is 7.74. The molecule has 0 radical (unpaired) electrons. The maximum Gasteiger partial charge on any atom is 0.237 e. The number of methoxy groups -OCH3 is 1. The molecule has 1 amide bonds. The lowest BCUT2D eigenvalue weighted by Crippen LogP contribution is -2.58. The van der Waals surface area contributed by atoms with Crippen molar-refractivity contribution in [3.8, 4) is 5.75 Å². The molecule has 4 heteroatoms. The maximum atomic E-state index is 12.0. The van der Waals surface area contributed by atoms with Crippen molar-refractivity contribution in [1.82, 2.24) is 5.32 Å². The summed E-state index contributed by atoms with van der Waals surface area (Å²) in [5, 5.41) is 3.50. The smallest absolute Gasteiger partial charge is 0.237 e. The normalized spacial score (nSPS) is 19.0. The summed E-state index contributed by atoms with van der Waals surface area (Å²) in [5.41, 5.74) is 5.95. The quantitative estimate of drug-likeness (QED) is 0.845. The van der Waals surface area contributed by atoms with Gasteiger partial charge in [-0.25, -0.2) is 0 Å². The van der Waals surface area contributed by atoms with Gasteiger partial charge in [-0.1, -0.05) is 37.5 Å². The molecule has 2 rings (SSSR count). The lowest BCUT2D eigenvalue weighted by Gasteiger charge is -2.34. The van der Waals surface area contributed by atoms with Crippen LogP contribution in [0, 0.1) is 0 Å². The number of nitrogens with two attached hydrogens (primary N) is 1. The molecule has 1 aromatic carbocycles. The van der Waals surface area contributed by atoms with E-state index in [-0.39, 0.29) is 5.91 Å². The van der Waals surface area contributed by atoms with E-state index in [2.05, 4.69) is 5.32 Å². The van der Waals surface area contributed by atoms with E-state index in [1.54, 1.807) is 7.11 Å². The highest BCUT2D eigenvalue weighted by Crippen LogP contribution is 2.25. The van der Waals surface area contributed by atoms with Gasteiger partial charge in [0.15, 0.2) is 0 Å². The summed E-state index contributed by atoms with van der Waals surface area (Å²) in [4.78, 5) is 12.0. The molecular formula is C17H26N2O2. The monoisotopic (exact) mass is 290 g/mol. The Morgan fingerprint density at radius 1 is 1.33 bits per heavy atom. The molecule has 0 saturated heterocycles. The van der Waals surface area contributed by atoms with E-state index in [1.165, 1.54) is 19.3 Å². The molecule has 1 aliphatic carbocycles. The van der Waals surface area contributed by atoms with Crippen LogP contribution in [0.25, 0.3) is 0 Å². The zero-order chi connectivity index (χ0) is 15.3. The van der Waals surface area contributed by atoms with Gasteiger partial charge in [0.2, 0.25) is 5.91 Å². The standard InChI is InChI=1S/C17H26N2O2/c1-17(16(18)20,19-14-9-4-3-5-10-14)12-13-8-6-7-11-15(13)21-2/h6-8,11,14,19H,3-5,9-10,12H2,1-2H3,(H2,18,20). The Hall–Kier alpha value is -1.55. The van der Waals surface area contributed by atoms with Crippen molar-refractivity contribution in [1.29, 1.82) is 0 Å². The molecule has 21 heavy (non-hydrogen) atoms. The largest absolute Gasteiger partial charge is 0.496 e. The minimum Gasteiger partial charge on any atom is -0.496 e. The van der Waals surface area contributed by atoms with Crippen molar-refractivity contribution in [2.75, 3.05) is 7.11 Å². The van der Waals surface area contributed by atoms with Gasteiger partial charge in [0.1, 0.15) is 5.75 Å². The highest BCUT2D eigenvalue weighted by molar-refractivity contribution is 5.84. The van der Waals surface area contributed by atoms with Crippen molar-refractivity contribution in [2.24, 2.45) is 5.73 Å². The number of carbonyl (C=O) groups is 1. The summed E-state index contributed by atoms with van der Waals surface area (Å²) in [7, 11) is 1.65. The Bertz CT molecular complexity index is 483. The third kappa shape index (κ3) is 3.97. The number of ether oxygens (including phenoxy) is 1. The number of amides is 1. The SMILES string of the molecule is COc1ccccc1CC(C)(NC1CCCCC1)C(N)=O. The summed E-state index contributed by atoms with van der Waals surface area (Å²) in [6, 6.07) is 8.17. The summed E-state index contributed by atoms with van der Waals surface area (Å²) in [6.07, 6.45) is 6.52. The molecule has 3 N–H and O–H groups in total. The van der Waals surface area contributed by atoms with Crippen LogP contribution in [0.1, 0.15) is 44.6 Å². The third-order valence-electron chi connectivity index (χ3n) is 4.41. The Morgan fingerprint density at radius 3 is 2.62 bits per heavy atom. The van der Waals surface area contributed by atoms with Crippen molar-refractivity contribution < 1.29 is 9.53 Å². The Labute approximate surface area is 127 Å². The summed E-state index contributed by atoms with van der Waals surface area (Å²) in [6.45, 7) is 1.90. The number of hydrogen-bond donors (Lipinski definition) is 2. The van der Waals surface area contributed by atoms with Crippen LogP contribution in [-0.2, 0) is 11.2 Å². The zero-order valence-electron chi connectivity index (χ0n) is 13.0. The highest BCUT2D eigenvalue weighted by atomic mass is 16.5. The minimum atomic E-state index is -0.739. The first-order valence-electron chi connectivity index (χ1n) is 7.74. The molecule has 1 saturated carbocycles. The summed E-state index contributed by atoms with van der Waals surface area (Å²) in [5.74, 6) is 0.495. The van der Waals surface area contributed by atoms with Crippen LogP contribution in [0.15, 0.2) is 24.3 Å². The molecule has 1 aromatic rings. The predicted molar refractivity (Wildman–Crippen MR) is 84.3 cm³/mol. The van der Waals surface area contributed by atoms with Crippen molar-refractivity contribution in [2.45, 2.75) is 57.0 Å². The van der Waals surface area contributed by atoms with E-state index in [0.29, 0.717) is 12.5 Å². The van der Waals surface area contributed by atoms with Crippen LogP contribution in [0.5, 0.6) is 5.75 Å².